The second-order valence-electron chi connectivity index (χ2n) is 4.27. The highest BCUT2D eigenvalue weighted by Gasteiger charge is 2.10. The number of nitrogens with one attached hydrogen (secondary N) is 1. The van der Waals surface area contributed by atoms with E-state index >= 15 is 0 Å². The van der Waals surface area contributed by atoms with E-state index in [1.807, 2.05) is 6.92 Å². The van der Waals surface area contributed by atoms with Gasteiger partial charge in [0.25, 0.3) is 0 Å². The molecule has 2 nitrogen and oxygen atoms in total. The number of ether oxygens (including phenoxy) is 1. The van der Waals surface area contributed by atoms with Crippen LogP contribution in [0.15, 0.2) is 42.5 Å². The Labute approximate surface area is 111 Å². The first-order chi connectivity index (χ1) is 9.10. The summed E-state index contributed by atoms with van der Waals surface area (Å²) in [5, 5.41) is 3.01. The first-order valence-corrected chi connectivity index (χ1v) is 5.95. The van der Waals surface area contributed by atoms with Gasteiger partial charge in [-0.05, 0) is 36.8 Å². The molecule has 0 radical (unpaired) electrons. The van der Waals surface area contributed by atoms with Crippen molar-refractivity contribution in [2.24, 2.45) is 0 Å². The zero-order valence-electron chi connectivity index (χ0n) is 10.8. The predicted octanol–water partition coefficient (Wildman–Crippen LogP) is 4.15. The Morgan fingerprint density at radius 1 is 1.11 bits per heavy atom. The molecule has 100 valence electrons. The van der Waals surface area contributed by atoms with Crippen LogP contribution in [0.25, 0.3) is 0 Å². The quantitative estimate of drug-likeness (QED) is 0.894. The van der Waals surface area contributed by atoms with Gasteiger partial charge in [-0.2, -0.15) is 0 Å². The Balaban J connectivity index is 2.21. The van der Waals surface area contributed by atoms with E-state index < -0.39 is 0 Å². The van der Waals surface area contributed by atoms with Crippen molar-refractivity contribution >= 4 is 5.69 Å². The van der Waals surface area contributed by atoms with Crippen molar-refractivity contribution in [3.63, 3.8) is 0 Å². The summed E-state index contributed by atoms with van der Waals surface area (Å²) in [5.74, 6) is -0.114. The zero-order valence-corrected chi connectivity index (χ0v) is 10.8. The van der Waals surface area contributed by atoms with Crippen LogP contribution in [0.3, 0.4) is 0 Å². The highest BCUT2D eigenvalue weighted by Crippen LogP contribution is 2.25. The lowest BCUT2D eigenvalue weighted by Gasteiger charge is -2.17. The number of methoxy groups -OCH3 is 1. The second-order valence-corrected chi connectivity index (χ2v) is 4.27. The van der Waals surface area contributed by atoms with Crippen LogP contribution in [0.2, 0.25) is 0 Å². The van der Waals surface area contributed by atoms with Crippen LogP contribution in [0, 0.1) is 11.6 Å². The maximum atomic E-state index is 13.7. The average molecular weight is 263 g/mol. The number of rotatable bonds is 4. The zero-order chi connectivity index (χ0) is 13.8. The molecule has 0 spiro atoms. The van der Waals surface area contributed by atoms with E-state index in [0.717, 1.165) is 5.56 Å². The summed E-state index contributed by atoms with van der Waals surface area (Å²) in [7, 11) is 1.52. The molecular formula is C15H15F2NO. The smallest absolute Gasteiger partial charge is 0.146 e. The van der Waals surface area contributed by atoms with Gasteiger partial charge in [-0.25, -0.2) is 8.78 Å². The van der Waals surface area contributed by atoms with E-state index in [2.05, 4.69) is 5.32 Å². The van der Waals surface area contributed by atoms with Crippen LogP contribution < -0.4 is 10.1 Å². The molecule has 0 fully saturated rings. The Kier molecular flexibility index (Phi) is 4.00. The Morgan fingerprint density at radius 3 is 2.58 bits per heavy atom. The van der Waals surface area contributed by atoms with Crippen molar-refractivity contribution < 1.29 is 13.5 Å². The monoisotopic (exact) mass is 263 g/mol. The third-order valence-corrected chi connectivity index (χ3v) is 2.89. The lowest BCUT2D eigenvalue weighted by atomic mass is 10.1. The molecule has 1 N–H and O–H groups in total. The van der Waals surface area contributed by atoms with E-state index in [1.54, 1.807) is 24.3 Å². The minimum atomic E-state index is -0.371. The lowest BCUT2D eigenvalue weighted by Crippen LogP contribution is -2.08. The molecule has 0 amide bonds. The molecule has 4 heteroatoms. The van der Waals surface area contributed by atoms with Crippen LogP contribution in [0.4, 0.5) is 14.5 Å². The summed E-state index contributed by atoms with van der Waals surface area (Å²) in [4.78, 5) is 0. The molecule has 0 aliphatic rings. The third kappa shape index (κ3) is 3.22. The van der Waals surface area contributed by atoms with Crippen LogP contribution in [0.5, 0.6) is 5.75 Å². The van der Waals surface area contributed by atoms with Crippen LogP contribution in [-0.2, 0) is 0 Å². The van der Waals surface area contributed by atoms with E-state index in [-0.39, 0.29) is 17.7 Å². The standard InChI is InChI=1S/C15H15F2NO/c1-10(11-4-3-5-12(16)8-11)18-15-9-13(19-2)6-7-14(15)17/h3-10,18H,1-2H3. The van der Waals surface area contributed by atoms with Gasteiger partial charge in [0.15, 0.2) is 0 Å². The van der Waals surface area contributed by atoms with Crippen molar-refractivity contribution in [3.05, 3.63) is 59.7 Å². The maximum absolute atomic E-state index is 13.7. The van der Waals surface area contributed by atoms with Crippen molar-refractivity contribution in [1.29, 1.82) is 0 Å². The SMILES string of the molecule is COc1ccc(F)c(NC(C)c2cccc(F)c2)c1. The fourth-order valence-electron chi connectivity index (χ4n) is 1.83. The summed E-state index contributed by atoms with van der Waals surface area (Å²) in [6, 6.07) is 10.5. The first-order valence-electron chi connectivity index (χ1n) is 5.95. The highest BCUT2D eigenvalue weighted by atomic mass is 19.1. The van der Waals surface area contributed by atoms with Gasteiger partial charge in [-0.15, -0.1) is 0 Å². The molecule has 19 heavy (non-hydrogen) atoms. The van der Waals surface area contributed by atoms with Crippen molar-refractivity contribution in [2.45, 2.75) is 13.0 Å². The molecule has 0 bridgehead atoms. The summed E-state index contributed by atoms with van der Waals surface area (Å²) >= 11 is 0. The summed E-state index contributed by atoms with van der Waals surface area (Å²) in [6.45, 7) is 1.84. The van der Waals surface area contributed by atoms with E-state index in [1.165, 1.54) is 25.3 Å². The number of halogens is 2. The van der Waals surface area contributed by atoms with Crippen molar-refractivity contribution in [1.82, 2.24) is 0 Å². The van der Waals surface area contributed by atoms with E-state index in [4.69, 9.17) is 4.74 Å². The fraction of sp³-hybridized carbons (Fsp3) is 0.200. The minimum absolute atomic E-state index is 0.211. The molecule has 2 aromatic carbocycles. The van der Waals surface area contributed by atoms with Gasteiger partial charge in [0.2, 0.25) is 0 Å². The van der Waals surface area contributed by atoms with Gasteiger partial charge >= 0.3 is 0 Å². The second kappa shape index (κ2) is 5.69. The Morgan fingerprint density at radius 2 is 1.89 bits per heavy atom. The van der Waals surface area contributed by atoms with Gasteiger partial charge in [0.05, 0.1) is 12.8 Å². The topological polar surface area (TPSA) is 21.3 Å². The average Bonchev–Trinajstić information content (AvgIpc) is 2.41. The minimum Gasteiger partial charge on any atom is -0.497 e. The molecule has 0 heterocycles. The molecule has 1 atom stereocenters. The first kappa shape index (κ1) is 13.3. The van der Waals surface area contributed by atoms with Crippen LogP contribution in [0.1, 0.15) is 18.5 Å². The molecule has 2 aromatic rings. The number of anilines is 1. The summed E-state index contributed by atoms with van der Waals surface area (Å²) < 4.78 is 31.9. The molecule has 1 unspecified atom stereocenters. The van der Waals surface area contributed by atoms with E-state index in [9.17, 15) is 8.78 Å². The van der Waals surface area contributed by atoms with Crippen molar-refractivity contribution in [3.8, 4) is 5.75 Å². The number of hydrogen-bond donors (Lipinski definition) is 1. The lowest BCUT2D eigenvalue weighted by molar-refractivity contribution is 0.414. The van der Waals surface area contributed by atoms with Crippen LogP contribution in [-0.4, -0.2) is 7.11 Å². The molecular weight excluding hydrogens is 248 g/mol. The van der Waals surface area contributed by atoms with Gasteiger partial charge in [-0.1, -0.05) is 12.1 Å². The largest absolute Gasteiger partial charge is 0.497 e. The molecule has 0 aliphatic heterocycles. The molecule has 2 rings (SSSR count). The van der Waals surface area contributed by atoms with Gasteiger partial charge in [0, 0.05) is 12.1 Å². The molecule has 0 aromatic heterocycles. The third-order valence-electron chi connectivity index (χ3n) is 2.89. The molecule has 0 saturated carbocycles. The van der Waals surface area contributed by atoms with E-state index in [0.29, 0.717) is 11.4 Å². The van der Waals surface area contributed by atoms with Crippen LogP contribution >= 0.6 is 0 Å². The molecule has 0 saturated heterocycles. The van der Waals surface area contributed by atoms with Crippen molar-refractivity contribution in [2.75, 3.05) is 12.4 Å². The summed E-state index contributed by atoms with van der Waals surface area (Å²) in [6.07, 6.45) is 0. The number of benzene rings is 2. The maximum Gasteiger partial charge on any atom is 0.146 e. The highest BCUT2D eigenvalue weighted by molar-refractivity contribution is 5.51. The summed E-state index contributed by atoms with van der Waals surface area (Å²) in [5.41, 5.74) is 1.08. The van der Waals surface area contributed by atoms with Gasteiger partial charge in [-0.3, -0.25) is 0 Å². The predicted molar refractivity (Wildman–Crippen MR) is 71.4 cm³/mol. The Bertz CT molecular complexity index is 572. The normalized spacial score (nSPS) is 12.0. The van der Waals surface area contributed by atoms with Gasteiger partial charge < -0.3 is 10.1 Å². The number of hydrogen-bond acceptors (Lipinski definition) is 2. The Hall–Kier alpha value is -2.10. The fourth-order valence-corrected chi connectivity index (χ4v) is 1.83. The van der Waals surface area contributed by atoms with Gasteiger partial charge in [0.1, 0.15) is 17.4 Å². The molecule has 0 aliphatic carbocycles.